The van der Waals surface area contributed by atoms with Crippen molar-refractivity contribution in [2.24, 2.45) is 0 Å². The van der Waals surface area contributed by atoms with Crippen LogP contribution < -0.4 is 4.74 Å². The van der Waals surface area contributed by atoms with Gasteiger partial charge in [0.15, 0.2) is 5.82 Å². The maximum atomic E-state index is 11.7. The molecule has 2 aromatic rings. The van der Waals surface area contributed by atoms with Crippen LogP contribution in [-0.2, 0) is 4.74 Å². The minimum Gasteiger partial charge on any atom is -0.480 e. The molecular formula is C12H13N3O3. The van der Waals surface area contributed by atoms with E-state index in [-0.39, 0.29) is 5.56 Å². The molecule has 6 nitrogen and oxygen atoms in total. The minimum absolute atomic E-state index is 0.282. The molecule has 0 aromatic carbocycles. The van der Waals surface area contributed by atoms with Crippen LogP contribution in [0.5, 0.6) is 5.88 Å². The maximum Gasteiger partial charge on any atom is 0.345 e. The average Bonchev–Trinajstić information content (AvgIpc) is 2.83. The Balaban J connectivity index is 2.42. The predicted molar refractivity (Wildman–Crippen MR) is 63.9 cm³/mol. The highest BCUT2D eigenvalue weighted by atomic mass is 16.5. The number of ether oxygens (including phenoxy) is 2. The van der Waals surface area contributed by atoms with Gasteiger partial charge in [-0.1, -0.05) is 6.07 Å². The van der Waals surface area contributed by atoms with Gasteiger partial charge in [0, 0.05) is 6.20 Å². The van der Waals surface area contributed by atoms with E-state index in [4.69, 9.17) is 9.47 Å². The second kappa shape index (κ2) is 5.31. The van der Waals surface area contributed by atoms with Gasteiger partial charge < -0.3 is 9.47 Å². The first-order valence-corrected chi connectivity index (χ1v) is 5.48. The first kappa shape index (κ1) is 12.1. The van der Waals surface area contributed by atoms with E-state index in [1.807, 2.05) is 6.07 Å². The first-order valence-electron chi connectivity index (χ1n) is 5.48. The summed E-state index contributed by atoms with van der Waals surface area (Å²) in [5.41, 5.74) is 0.282. The van der Waals surface area contributed by atoms with Crippen molar-refractivity contribution in [1.29, 1.82) is 0 Å². The second-order valence-corrected chi connectivity index (χ2v) is 3.39. The van der Waals surface area contributed by atoms with E-state index in [1.54, 1.807) is 25.3 Å². The predicted octanol–water partition coefficient (Wildman–Crippen LogP) is 1.45. The third-order valence-corrected chi connectivity index (χ3v) is 2.28. The van der Waals surface area contributed by atoms with Crippen LogP contribution in [0, 0.1) is 0 Å². The van der Waals surface area contributed by atoms with Gasteiger partial charge in [-0.25, -0.2) is 9.78 Å². The molecule has 18 heavy (non-hydrogen) atoms. The smallest absolute Gasteiger partial charge is 0.345 e. The molecule has 2 rings (SSSR count). The molecule has 0 radical (unpaired) electrons. The monoisotopic (exact) mass is 247 g/mol. The van der Waals surface area contributed by atoms with Gasteiger partial charge >= 0.3 is 5.97 Å². The molecule has 0 atom stereocenters. The molecule has 0 unspecified atom stereocenters. The van der Waals surface area contributed by atoms with Crippen molar-refractivity contribution in [3.63, 3.8) is 0 Å². The summed E-state index contributed by atoms with van der Waals surface area (Å²) in [6.45, 7) is 2.05. The van der Waals surface area contributed by atoms with Gasteiger partial charge in [-0.05, 0) is 19.1 Å². The number of hydrogen-bond acceptors (Lipinski definition) is 5. The van der Waals surface area contributed by atoms with Crippen LogP contribution in [0.4, 0.5) is 0 Å². The third kappa shape index (κ3) is 2.17. The van der Waals surface area contributed by atoms with Crippen LogP contribution in [0.25, 0.3) is 5.82 Å². The zero-order valence-corrected chi connectivity index (χ0v) is 10.2. The summed E-state index contributed by atoms with van der Waals surface area (Å²) in [7, 11) is 1.47. The molecule has 0 spiro atoms. The molecule has 0 bridgehead atoms. The van der Waals surface area contributed by atoms with Crippen LogP contribution in [0.15, 0.2) is 30.6 Å². The van der Waals surface area contributed by atoms with Crippen LogP contribution in [0.1, 0.15) is 17.3 Å². The molecular weight excluding hydrogens is 234 g/mol. The summed E-state index contributed by atoms with van der Waals surface area (Å²) < 4.78 is 11.6. The van der Waals surface area contributed by atoms with Crippen LogP contribution in [0.2, 0.25) is 0 Å². The first-order chi connectivity index (χ1) is 8.77. The maximum absolute atomic E-state index is 11.7. The van der Waals surface area contributed by atoms with Crippen molar-refractivity contribution in [1.82, 2.24) is 14.8 Å². The quantitative estimate of drug-likeness (QED) is 0.765. The summed E-state index contributed by atoms with van der Waals surface area (Å²) in [5.74, 6) is 0.425. The Morgan fingerprint density at radius 1 is 1.44 bits per heavy atom. The Morgan fingerprint density at radius 3 is 2.89 bits per heavy atom. The summed E-state index contributed by atoms with van der Waals surface area (Å²) in [6, 6.07) is 5.39. The molecule has 0 aliphatic carbocycles. The van der Waals surface area contributed by atoms with Crippen molar-refractivity contribution in [2.75, 3.05) is 13.7 Å². The number of rotatable bonds is 4. The van der Waals surface area contributed by atoms with Gasteiger partial charge in [-0.2, -0.15) is 9.78 Å². The van der Waals surface area contributed by atoms with Crippen molar-refractivity contribution in [3.8, 4) is 11.7 Å². The number of hydrogen-bond donors (Lipinski definition) is 0. The number of esters is 1. The van der Waals surface area contributed by atoms with Gasteiger partial charge in [-0.3, -0.25) is 0 Å². The Labute approximate surface area is 104 Å². The van der Waals surface area contributed by atoms with Crippen LogP contribution >= 0.6 is 0 Å². The highest BCUT2D eigenvalue weighted by Gasteiger charge is 2.20. The Bertz CT molecular complexity index is 537. The fourth-order valence-electron chi connectivity index (χ4n) is 1.52. The number of pyridine rings is 1. The van der Waals surface area contributed by atoms with Crippen molar-refractivity contribution in [2.45, 2.75) is 6.92 Å². The summed E-state index contributed by atoms with van der Waals surface area (Å²) in [6.07, 6.45) is 3.05. The molecule has 2 aromatic heterocycles. The normalized spacial score (nSPS) is 10.1. The number of carbonyl (C=O) groups is 1. The van der Waals surface area contributed by atoms with Crippen LogP contribution in [-0.4, -0.2) is 34.5 Å². The van der Waals surface area contributed by atoms with E-state index >= 15 is 0 Å². The highest BCUT2D eigenvalue weighted by molar-refractivity contribution is 5.91. The Morgan fingerprint density at radius 2 is 2.28 bits per heavy atom. The summed E-state index contributed by atoms with van der Waals surface area (Å²) in [4.78, 5) is 15.8. The van der Waals surface area contributed by atoms with Gasteiger partial charge in [0.2, 0.25) is 5.88 Å². The molecule has 6 heteroatoms. The topological polar surface area (TPSA) is 66.2 Å². The average molecular weight is 247 g/mol. The molecule has 0 fully saturated rings. The lowest BCUT2D eigenvalue weighted by Gasteiger charge is -2.06. The fourth-order valence-corrected chi connectivity index (χ4v) is 1.52. The highest BCUT2D eigenvalue weighted by Crippen LogP contribution is 2.21. The SMILES string of the molecule is CCOC(=O)c1cnn(-c2ccccn2)c1OC. The molecule has 0 aliphatic heterocycles. The van der Waals surface area contributed by atoms with E-state index in [1.165, 1.54) is 18.0 Å². The molecule has 0 amide bonds. The van der Waals surface area contributed by atoms with E-state index < -0.39 is 5.97 Å². The lowest BCUT2D eigenvalue weighted by Crippen LogP contribution is -2.07. The standard InChI is InChI=1S/C12H13N3O3/c1-3-18-12(16)9-8-14-15(11(9)17-2)10-6-4-5-7-13-10/h4-8H,3H2,1-2H3. The van der Waals surface area contributed by atoms with E-state index in [0.717, 1.165) is 0 Å². The summed E-state index contributed by atoms with van der Waals surface area (Å²) >= 11 is 0. The number of nitrogens with zero attached hydrogens (tertiary/aromatic N) is 3. The minimum atomic E-state index is -0.462. The van der Waals surface area contributed by atoms with Crippen molar-refractivity contribution in [3.05, 3.63) is 36.2 Å². The lowest BCUT2D eigenvalue weighted by atomic mass is 10.3. The Hall–Kier alpha value is -2.37. The molecule has 94 valence electrons. The van der Waals surface area contributed by atoms with Gasteiger partial charge in [0.05, 0.1) is 19.9 Å². The molecule has 0 N–H and O–H groups in total. The molecule has 2 heterocycles. The summed E-state index contributed by atoms with van der Waals surface area (Å²) in [5, 5.41) is 4.09. The van der Waals surface area contributed by atoms with E-state index in [9.17, 15) is 4.79 Å². The fraction of sp³-hybridized carbons (Fsp3) is 0.250. The largest absolute Gasteiger partial charge is 0.480 e. The van der Waals surface area contributed by atoms with Crippen molar-refractivity contribution >= 4 is 5.97 Å². The third-order valence-electron chi connectivity index (χ3n) is 2.28. The molecule has 0 saturated heterocycles. The number of carbonyl (C=O) groups excluding carboxylic acids is 1. The number of methoxy groups -OCH3 is 1. The van der Waals surface area contributed by atoms with E-state index in [2.05, 4.69) is 10.1 Å². The Kier molecular flexibility index (Phi) is 3.57. The van der Waals surface area contributed by atoms with Crippen molar-refractivity contribution < 1.29 is 14.3 Å². The molecule has 0 saturated carbocycles. The molecule has 0 aliphatic rings. The van der Waals surface area contributed by atoms with Crippen LogP contribution in [0.3, 0.4) is 0 Å². The lowest BCUT2D eigenvalue weighted by molar-refractivity contribution is 0.0522. The zero-order valence-electron chi connectivity index (χ0n) is 10.2. The second-order valence-electron chi connectivity index (χ2n) is 3.39. The zero-order chi connectivity index (χ0) is 13.0. The van der Waals surface area contributed by atoms with Gasteiger partial charge in [0.1, 0.15) is 5.56 Å². The number of aromatic nitrogens is 3. The van der Waals surface area contributed by atoms with E-state index in [0.29, 0.717) is 18.3 Å². The van der Waals surface area contributed by atoms with Gasteiger partial charge in [0.25, 0.3) is 0 Å². The van der Waals surface area contributed by atoms with Gasteiger partial charge in [-0.15, -0.1) is 0 Å².